The number of sulfone groups is 1. The minimum atomic E-state index is -3.55. The Morgan fingerprint density at radius 1 is 1.06 bits per heavy atom. The summed E-state index contributed by atoms with van der Waals surface area (Å²) in [6.07, 6.45) is 1.03. The molecule has 0 aliphatic carbocycles. The Kier molecular flexibility index (Phi) is 6.41. The van der Waals surface area contributed by atoms with E-state index in [1.807, 2.05) is 29.6 Å². The predicted molar refractivity (Wildman–Crippen MR) is 125 cm³/mol. The monoisotopic (exact) mass is 478 g/mol. The molecule has 0 spiro atoms. The molecule has 31 heavy (non-hydrogen) atoms. The summed E-state index contributed by atoms with van der Waals surface area (Å²) >= 11 is 7.61. The quantitative estimate of drug-likeness (QED) is 0.500. The topological polar surface area (TPSA) is 68.7 Å². The van der Waals surface area contributed by atoms with Crippen LogP contribution in [0.5, 0.6) is 11.5 Å². The first kappa shape index (κ1) is 21.9. The van der Waals surface area contributed by atoms with Gasteiger partial charge < -0.3 is 14.4 Å². The number of hydrogen-bond acceptors (Lipinski definition) is 7. The maximum atomic E-state index is 13.2. The Balaban J connectivity index is 1.50. The number of aromatic nitrogens is 1. The number of thiazole rings is 1. The van der Waals surface area contributed by atoms with Crippen LogP contribution >= 0.6 is 22.9 Å². The van der Waals surface area contributed by atoms with E-state index in [4.69, 9.17) is 26.1 Å². The van der Waals surface area contributed by atoms with Gasteiger partial charge in [0.1, 0.15) is 16.4 Å². The van der Waals surface area contributed by atoms with Crippen molar-refractivity contribution in [3.63, 3.8) is 0 Å². The average Bonchev–Trinajstić information content (AvgIpc) is 3.29. The molecule has 6 nitrogen and oxygen atoms in total. The lowest BCUT2D eigenvalue weighted by Crippen LogP contribution is -2.39. The van der Waals surface area contributed by atoms with Crippen molar-refractivity contribution in [2.45, 2.75) is 23.0 Å². The Morgan fingerprint density at radius 3 is 2.48 bits per heavy atom. The fourth-order valence-electron chi connectivity index (χ4n) is 3.80. The van der Waals surface area contributed by atoms with Crippen LogP contribution in [0.15, 0.2) is 52.7 Å². The van der Waals surface area contributed by atoms with Crippen LogP contribution in [0, 0.1) is 0 Å². The van der Waals surface area contributed by atoms with Crippen molar-refractivity contribution in [3.05, 3.63) is 52.9 Å². The normalized spacial score (nSPS) is 15.1. The summed E-state index contributed by atoms with van der Waals surface area (Å²) in [6, 6.07) is 12.5. The van der Waals surface area contributed by atoms with Crippen molar-refractivity contribution < 1.29 is 17.9 Å². The van der Waals surface area contributed by atoms with E-state index >= 15 is 0 Å². The first-order valence-corrected chi connectivity index (χ1v) is 12.7. The number of rotatable bonds is 6. The molecule has 9 heteroatoms. The highest BCUT2D eigenvalue weighted by Gasteiger charge is 2.34. The van der Waals surface area contributed by atoms with Crippen LogP contribution in [-0.4, -0.2) is 46.0 Å². The molecule has 164 valence electrons. The molecule has 1 aromatic heterocycles. The lowest BCUT2D eigenvalue weighted by Gasteiger charge is -2.31. The summed E-state index contributed by atoms with van der Waals surface area (Å²) in [5.74, 6) is 1.10. The minimum Gasteiger partial charge on any atom is -0.496 e. The minimum absolute atomic E-state index is 0.161. The van der Waals surface area contributed by atoms with E-state index < -0.39 is 15.1 Å². The molecule has 4 rings (SSSR count). The molecule has 1 fully saturated rings. The van der Waals surface area contributed by atoms with Gasteiger partial charge in [0.25, 0.3) is 0 Å². The molecule has 0 N–H and O–H groups in total. The van der Waals surface area contributed by atoms with Crippen LogP contribution in [0.1, 0.15) is 12.8 Å². The summed E-state index contributed by atoms with van der Waals surface area (Å²) in [5, 5.41) is 2.79. The summed E-state index contributed by atoms with van der Waals surface area (Å²) in [4.78, 5) is 7.08. The van der Waals surface area contributed by atoms with E-state index in [-0.39, 0.29) is 4.90 Å². The van der Waals surface area contributed by atoms with Crippen LogP contribution in [0.25, 0.3) is 11.3 Å². The molecule has 0 atom stereocenters. The molecule has 3 aromatic rings. The largest absolute Gasteiger partial charge is 0.496 e. The molecular formula is C22H23ClN2O4S2. The number of para-hydroxylation sites is 1. The van der Waals surface area contributed by atoms with E-state index in [1.54, 1.807) is 30.6 Å². The molecule has 0 unspecified atom stereocenters. The maximum absolute atomic E-state index is 13.2. The predicted octanol–water partition coefficient (Wildman–Crippen LogP) is 4.92. The zero-order chi connectivity index (χ0) is 22.0. The van der Waals surface area contributed by atoms with Crippen molar-refractivity contribution >= 4 is 37.9 Å². The third-order valence-electron chi connectivity index (χ3n) is 5.46. The molecule has 0 radical (unpaired) electrons. The average molecular weight is 479 g/mol. The zero-order valence-electron chi connectivity index (χ0n) is 17.2. The number of nitrogens with zero attached hydrogens (tertiary/aromatic N) is 2. The Labute approximate surface area is 191 Å². The highest BCUT2D eigenvalue weighted by molar-refractivity contribution is 7.92. The van der Waals surface area contributed by atoms with Gasteiger partial charge in [-0.15, -0.1) is 11.3 Å². The van der Waals surface area contributed by atoms with Gasteiger partial charge in [0.15, 0.2) is 15.0 Å². The van der Waals surface area contributed by atoms with Crippen molar-refractivity contribution in [1.29, 1.82) is 0 Å². The summed E-state index contributed by atoms with van der Waals surface area (Å²) < 4.78 is 37.2. The Bertz CT molecular complexity index is 1170. The number of halogens is 1. The number of benzene rings is 2. The molecular weight excluding hydrogens is 456 g/mol. The van der Waals surface area contributed by atoms with Crippen molar-refractivity contribution in [1.82, 2.24) is 4.98 Å². The van der Waals surface area contributed by atoms with Crippen molar-refractivity contribution in [3.8, 4) is 22.8 Å². The fourth-order valence-corrected chi connectivity index (χ4v) is 6.83. The highest BCUT2D eigenvalue weighted by atomic mass is 35.5. The number of methoxy groups -OCH3 is 2. The number of piperidine rings is 1. The van der Waals surface area contributed by atoms with Gasteiger partial charge in [-0.25, -0.2) is 13.4 Å². The van der Waals surface area contributed by atoms with Crippen LogP contribution in [0.3, 0.4) is 0 Å². The molecule has 2 heterocycles. The van der Waals surface area contributed by atoms with E-state index in [1.165, 1.54) is 13.2 Å². The standard InChI is InChI=1S/C22H23ClN2O4S2/c1-28-19-6-4-3-5-17(19)18-14-30-22(24-18)25-11-9-16(10-12-25)31(26,27)21-13-15(23)7-8-20(21)29-2/h3-8,13-14,16H,9-12H2,1-2H3. The lowest BCUT2D eigenvalue weighted by atomic mass is 10.1. The SMILES string of the molecule is COc1ccccc1-c1csc(N2CCC(S(=O)(=O)c3cc(Cl)ccc3OC)CC2)n1. The Hall–Kier alpha value is -2.29. The molecule has 0 bridgehead atoms. The first-order valence-electron chi connectivity index (χ1n) is 9.85. The third-order valence-corrected chi connectivity index (χ3v) is 8.88. The van der Waals surface area contributed by atoms with Gasteiger partial charge in [-0.3, -0.25) is 0 Å². The fraction of sp³-hybridized carbons (Fsp3) is 0.318. The van der Waals surface area contributed by atoms with Gasteiger partial charge in [0.05, 0.1) is 25.2 Å². The number of anilines is 1. The van der Waals surface area contributed by atoms with Crippen molar-refractivity contribution in [2.24, 2.45) is 0 Å². The Morgan fingerprint density at radius 2 is 1.77 bits per heavy atom. The molecule has 2 aromatic carbocycles. The zero-order valence-corrected chi connectivity index (χ0v) is 19.6. The first-order chi connectivity index (χ1) is 14.9. The second-order valence-corrected chi connectivity index (χ2v) is 10.7. The molecule has 1 aliphatic heterocycles. The van der Waals surface area contributed by atoms with E-state index in [9.17, 15) is 8.42 Å². The van der Waals surface area contributed by atoms with Crippen LogP contribution in [-0.2, 0) is 9.84 Å². The highest BCUT2D eigenvalue weighted by Crippen LogP contribution is 2.36. The van der Waals surface area contributed by atoms with Gasteiger partial charge >= 0.3 is 0 Å². The van der Waals surface area contributed by atoms with Gasteiger partial charge in [0, 0.05) is 29.1 Å². The smallest absolute Gasteiger partial charge is 0.185 e. The summed E-state index contributed by atoms with van der Waals surface area (Å²) in [5.41, 5.74) is 1.80. The number of ether oxygens (including phenoxy) is 2. The van der Waals surface area contributed by atoms with Gasteiger partial charge in [-0.1, -0.05) is 23.7 Å². The lowest BCUT2D eigenvalue weighted by molar-refractivity contribution is 0.402. The van der Waals surface area contributed by atoms with Crippen LogP contribution < -0.4 is 14.4 Å². The van der Waals surface area contributed by atoms with Crippen LogP contribution in [0.2, 0.25) is 5.02 Å². The third kappa shape index (κ3) is 4.37. The van der Waals surface area contributed by atoms with Gasteiger partial charge in [-0.2, -0.15) is 0 Å². The molecule has 1 aliphatic rings. The number of hydrogen-bond donors (Lipinski definition) is 0. The van der Waals surface area contributed by atoms with E-state index in [2.05, 4.69) is 4.90 Å². The maximum Gasteiger partial charge on any atom is 0.185 e. The summed E-state index contributed by atoms with van der Waals surface area (Å²) in [6.45, 7) is 1.23. The molecule has 1 saturated heterocycles. The van der Waals surface area contributed by atoms with E-state index in [0.29, 0.717) is 36.7 Å². The van der Waals surface area contributed by atoms with Crippen molar-refractivity contribution in [2.75, 3.05) is 32.2 Å². The molecule has 0 saturated carbocycles. The second-order valence-electron chi connectivity index (χ2n) is 7.24. The van der Waals surface area contributed by atoms with Gasteiger partial charge in [0.2, 0.25) is 0 Å². The molecule has 0 amide bonds. The van der Waals surface area contributed by atoms with E-state index in [0.717, 1.165) is 22.1 Å². The second kappa shape index (κ2) is 9.06. The van der Waals surface area contributed by atoms with Gasteiger partial charge in [-0.05, 0) is 43.2 Å². The summed E-state index contributed by atoms with van der Waals surface area (Å²) in [7, 11) is -0.439. The van der Waals surface area contributed by atoms with Crippen LogP contribution in [0.4, 0.5) is 5.13 Å².